The Kier molecular flexibility index (Phi) is 4.40. The fourth-order valence-corrected chi connectivity index (χ4v) is 2.75. The number of nitrogens with zero attached hydrogens (tertiary/aromatic N) is 1. The lowest BCUT2D eigenvalue weighted by Crippen LogP contribution is -2.41. The minimum Gasteiger partial charge on any atom is -0.469 e. The minimum atomic E-state index is -0.000556. The van der Waals surface area contributed by atoms with Gasteiger partial charge in [-0.15, -0.1) is 0 Å². The zero-order valence-electron chi connectivity index (χ0n) is 11.6. The minimum absolute atomic E-state index is 0.000556. The van der Waals surface area contributed by atoms with Crippen LogP contribution in [0.2, 0.25) is 0 Å². The second-order valence-electron chi connectivity index (χ2n) is 5.30. The number of amides is 1. The summed E-state index contributed by atoms with van der Waals surface area (Å²) in [6, 6.07) is 1.76. The second-order valence-corrected chi connectivity index (χ2v) is 5.30. The third kappa shape index (κ3) is 3.25. The van der Waals surface area contributed by atoms with Crippen LogP contribution in [0.25, 0.3) is 0 Å². The molecule has 1 fully saturated rings. The van der Waals surface area contributed by atoms with Crippen LogP contribution in [0, 0.1) is 6.92 Å². The van der Waals surface area contributed by atoms with E-state index in [2.05, 4.69) is 0 Å². The highest BCUT2D eigenvalue weighted by Crippen LogP contribution is 2.23. The summed E-state index contributed by atoms with van der Waals surface area (Å²) in [7, 11) is 0. The van der Waals surface area contributed by atoms with Crippen molar-refractivity contribution in [3.05, 3.63) is 23.7 Å². The molecule has 19 heavy (non-hydrogen) atoms. The normalized spacial score (nSPS) is 20.1. The van der Waals surface area contributed by atoms with Crippen molar-refractivity contribution < 1.29 is 14.0 Å². The molecule has 0 aliphatic carbocycles. The van der Waals surface area contributed by atoms with E-state index in [0.29, 0.717) is 17.7 Å². The van der Waals surface area contributed by atoms with Crippen molar-refractivity contribution in [3.8, 4) is 0 Å². The lowest BCUT2D eigenvalue weighted by Gasteiger charge is -2.29. The summed E-state index contributed by atoms with van der Waals surface area (Å²) in [4.78, 5) is 25.8. The van der Waals surface area contributed by atoms with Crippen molar-refractivity contribution in [2.75, 3.05) is 6.54 Å². The summed E-state index contributed by atoms with van der Waals surface area (Å²) in [5.74, 6) is 0.795. The molecule has 1 saturated heterocycles. The molecule has 2 heterocycles. The monoisotopic (exact) mass is 263 g/mol. The van der Waals surface area contributed by atoms with Gasteiger partial charge in [0.25, 0.3) is 5.91 Å². The van der Waals surface area contributed by atoms with E-state index in [1.54, 1.807) is 26.2 Å². The molecule has 0 saturated carbocycles. The van der Waals surface area contributed by atoms with E-state index in [9.17, 15) is 9.59 Å². The largest absolute Gasteiger partial charge is 0.469 e. The first kappa shape index (κ1) is 13.8. The van der Waals surface area contributed by atoms with Gasteiger partial charge in [-0.3, -0.25) is 9.59 Å². The number of aryl methyl sites for hydroxylation is 1. The molecule has 1 unspecified atom stereocenters. The number of furan rings is 1. The number of ketones is 1. The van der Waals surface area contributed by atoms with Crippen LogP contribution in [0.5, 0.6) is 0 Å². The van der Waals surface area contributed by atoms with Gasteiger partial charge in [0.15, 0.2) is 0 Å². The van der Waals surface area contributed by atoms with Crippen LogP contribution in [0.1, 0.15) is 55.1 Å². The predicted molar refractivity (Wildman–Crippen MR) is 72.0 cm³/mol. The number of carbonyl (C=O) groups excluding carboxylic acids is 2. The van der Waals surface area contributed by atoms with Gasteiger partial charge in [-0.25, -0.2) is 0 Å². The third-order valence-electron chi connectivity index (χ3n) is 3.75. The molecule has 0 spiro atoms. The average molecular weight is 263 g/mol. The molecule has 0 aromatic carbocycles. The maximum atomic E-state index is 12.6. The number of hydrogen-bond donors (Lipinski definition) is 0. The van der Waals surface area contributed by atoms with E-state index in [0.717, 1.165) is 32.2 Å². The van der Waals surface area contributed by atoms with Gasteiger partial charge in [0, 0.05) is 19.0 Å². The molecule has 0 bridgehead atoms. The Morgan fingerprint density at radius 2 is 2.16 bits per heavy atom. The van der Waals surface area contributed by atoms with Crippen molar-refractivity contribution in [3.63, 3.8) is 0 Å². The molecule has 1 amide bonds. The third-order valence-corrected chi connectivity index (χ3v) is 3.75. The van der Waals surface area contributed by atoms with Crippen molar-refractivity contribution in [1.82, 2.24) is 4.90 Å². The van der Waals surface area contributed by atoms with Gasteiger partial charge < -0.3 is 9.32 Å². The number of carbonyl (C=O) groups is 2. The number of rotatable bonds is 3. The fraction of sp³-hybridized carbons (Fsp3) is 0.600. The topological polar surface area (TPSA) is 50.5 Å². The molecule has 0 N–H and O–H groups in total. The average Bonchev–Trinajstić information content (AvgIpc) is 2.64. The van der Waals surface area contributed by atoms with E-state index in [-0.39, 0.29) is 17.7 Å². The highest BCUT2D eigenvalue weighted by atomic mass is 16.3. The van der Waals surface area contributed by atoms with Gasteiger partial charge >= 0.3 is 0 Å². The Morgan fingerprint density at radius 1 is 1.37 bits per heavy atom. The molecule has 1 atom stereocenters. The van der Waals surface area contributed by atoms with E-state index in [4.69, 9.17) is 4.42 Å². The van der Waals surface area contributed by atoms with E-state index in [1.165, 1.54) is 0 Å². The first-order valence-electron chi connectivity index (χ1n) is 6.94. The molecule has 0 radical (unpaired) electrons. The van der Waals surface area contributed by atoms with Gasteiger partial charge in [0.05, 0.1) is 11.8 Å². The first-order valence-corrected chi connectivity index (χ1v) is 6.94. The zero-order chi connectivity index (χ0) is 13.8. The summed E-state index contributed by atoms with van der Waals surface area (Å²) >= 11 is 0. The first-order chi connectivity index (χ1) is 9.09. The van der Waals surface area contributed by atoms with Crippen LogP contribution in [0.3, 0.4) is 0 Å². The van der Waals surface area contributed by atoms with E-state index < -0.39 is 0 Å². The highest BCUT2D eigenvalue weighted by Gasteiger charge is 2.28. The molecule has 1 aromatic rings. The Hall–Kier alpha value is -1.58. The van der Waals surface area contributed by atoms with Crippen LogP contribution in [-0.4, -0.2) is 29.2 Å². The fourth-order valence-electron chi connectivity index (χ4n) is 2.75. The molecule has 4 nitrogen and oxygen atoms in total. The van der Waals surface area contributed by atoms with Gasteiger partial charge in [-0.2, -0.15) is 0 Å². The highest BCUT2D eigenvalue weighted by molar-refractivity contribution is 5.95. The van der Waals surface area contributed by atoms with Gasteiger partial charge in [-0.05, 0) is 32.8 Å². The molecular weight excluding hydrogens is 242 g/mol. The predicted octanol–water partition coefficient (Wildman–Crippen LogP) is 2.95. The zero-order valence-corrected chi connectivity index (χ0v) is 11.6. The van der Waals surface area contributed by atoms with Crippen molar-refractivity contribution >= 4 is 11.7 Å². The Labute approximate surface area is 113 Å². The Balaban J connectivity index is 2.20. The maximum Gasteiger partial charge on any atom is 0.257 e. The van der Waals surface area contributed by atoms with Crippen molar-refractivity contribution in [1.29, 1.82) is 0 Å². The molecular formula is C15H21NO3. The lowest BCUT2D eigenvalue weighted by atomic mass is 10.0. The number of Topliss-reactive ketones (excluding diaryl/α,β-unsaturated/α-hetero) is 1. The van der Waals surface area contributed by atoms with Crippen molar-refractivity contribution in [2.24, 2.45) is 0 Å². The number of likely N-dealkylation sites (tertiary alicyclic amines) is 1. The van der Waals surface area contributed by atoms with Crippen LogP contribution in [0.4, 0.5) is 0 Å². The molecule has 104 valence electrons. The molecule has 1 aromatic heterocycles. The standard InChI is InChI=1S/C15H21NO3/c1-11(17)10-13-6-4-3-5-8-16(13)15(18)14-7-9-19-12(14)2/h7,9,13H,3-6,8,10H2,1-2H3. The molecule has 2 rings (SSSR count). The summed E-state index contributed by atoms with van der Waals surface area (Å²) in [6.07, 6.45) is 6.15. The molecule has 1 aliphatic heterocycles. The SMILES string of the molecule is CC(=O)CC1CCCCCN1C(=O)c1ccoc1C. The molecule has 1 aliphatic rings. The van der Waals surface area contributed by atoms with Gasteiger partial charge in [0.2, 0.25) is 0 Å². The van der Waals surface area contributed by atoms with Crippen LogP contribution in [0.15, 0.2) is 16.7 Å². The van der Waals surface area contributed by atoms with Gasteiger partial charge in [-0.1, -0.05) is 12.8 Å². The number of hydrogen-bond acceptors (Lipinski definition) is 3. The van der Waals surface area contributed by atoms with E-state index in [1.807, 2.05) is 4.90 Å². The van der Waals surface area contributed by atoms with Crippen LogP contribution >= 0.6 is 0 Å². The summed E-state index contributed by atoms with van der Waals surface area (Å²) in [5, 5.41) is 0. The summed E-state index contributed by atoms with van der Waals surface area (Å²) < 4.78 is 5.21. The van der Waals surface area contributed by atoms with Crippen molar-refractivity contribution in [2.45, 2.75) is 52.0 Å². The lowest BCUT2D eigenvalue weighted by molar-refractivity contribution is -0.118. The quantitative estimate of drug-likeness (QED) is 0.842. The summed E-state index contributed by atoms with van der Waals surface area (Å²) in [6.45, 7) is 4.13. The molecule has 4 heteroatoms. The van der Waals surface area contributed by atoms with Crippen LogP contribution < -0.4 is 0 Å². The maximum absolute atomic E-state index is 12.6. The Morgan fingerprint density at radius 3 is 2.79 bits per heavy atom. The van der Waals surface area contributed by atoms with Gasteiger partial charge in [0.1, 0.15) is 11.5 Å². The van der Waals surface area contributed by atoms with Crippen LogP contribution in [-0.2, 0) is 4.79 Å². The Bertz CT molecular complexity index is 464. The summed E-state index contributed by atoms with van der Waals surface area (Å²) in [5.41, 5.74) is 0.621. The van der Waals surface area contributed by atoms with E-state index >= 15 is 0 Å². The second kappa shape index (κ2) is 6.04. The smallest absolute Gasteiger partial charge is 0.257 e.